The van der Waals surface area contributed by atoms with Crippen LogP contribution in [0.1, 0.15) is 4.11 Å². The summed E-state index contributed by atoms with van der Waals surface area (Å²) in [5.41, 5.74) is 0. The lowest BCUT2D eigenvalue weighted by Crippen LogP contribution is -2.28. The number of rotatable bonds is 5. The van der Waals surface area contributed by atoms with Crippen LogP contribution in [0.4, 0.5) is 5.95 Å². The van der Waals surface area contributed by atoms with E-state index in [-0.39, 0.29) is 12.6 Å². The summed E-state index contributed by atoms with van der Waals surface area (Å²) in [7, 11) is 0. The Hall–Kier alpha value is -2.05. The predicted octanol–water partition coefficient (Wildman–Crippen LogP) is -0.472. The van der Waals surface area contributed by atoms with Gasteiger partial charge < -0.3 is 9.64 Å². The largest absolute Gasteiger partial charge is 0.460 e. The number of nitrogens with one attached hydrogen (secondary N) is 1. The third kappa shape index (κ3) is 3.29. The zero-order valence-electron chi connectivity index (χ0n) is 10.7. The van der Waals surface area contributed by atoms with Gasteiger partial charge in [0.1, 0.15) is 13.2 Å². The van der Waals surface area contributed by atoms with Crippen molar-refractivity contribution in [1.29, 1.82) is 0 Å². The number of aromatic nitrogens is 2. The molecular formula is C8H11N3O4. The average molecular weight is 216 g/mol. The molecule has 0 unspecified atom stereocenters. The van der Waals surface area contributed by atoms with Crippen LogP contribution in [0.25, 0.3) is 0 Å². The van der Waals surface area contributed by atoms with E-state index < -0.39 is 25.2 Å². The van der Waals surface area contributed by atoms with Gasteiger partial charge in [0.05, 0.1) is 0 Å². The van der Waals surface area contributed by atoms with E-state index in [1.54, 1.807) is 0 Å². The molecule has 0 amide bonds. The zero-order chi connectivity index (χ0) is 13.8. The minimum atomic E-state index is -2.67. The van der Waals surface area contributed by atoms with E-state index in [0.29, 0.717) is 4.90 Å². The highest BCUT2D eigenvalue weighted by molar-refractivity contribution is 5.74. The van der Waals surface area contributed by atoms with Gasteiger partial charge in [0.15, 0.2) is 0 Å². The Kier molecular flexibility index (Phi) is 2.42. The fraction of sp³-hybridized carbons (Fsp3) is 0.375. The molecule has 1 aromatic heterocycles. The van der Waals surface area contributed by atoms with Crippen molar-refractivity contribution >= 4 is 11.9 Å². The first kappa shape index (κ1) is 7.27. The van der Waals surface area contributed by atoms with E-state index in [9.17, 15) is 9.59 Å². The van der Waals surface area contributed by atoms with E-state index >= 15 is 0 Å². The molecule has 0 fully saturated rings. The monoisotopic (exact) mass is 216 g/mol. The first-order valence-electron chi connectivity index (χ1n) is 5.44. The fourth-order valence-electron chi connectivity index (χ4n) is 0.740. The highest BCUT2D eigenvalue weighted by Gasteiger charge is 2.11. The second kappa shape index (κ2) is 4.99. The summed E-state index contributed by atoms with van der Waals surface area (Å²) in [5.74, 6) is -2.08. The average Bonchev–Trinajstić information content (AvgIpc) is 2.68. The number of hydrogen-bond donors (Lipinski definition) is 1. The number of esters is 1. The summed E-state index contributed by atoms with van der Waals surface area (Å²) in [6, 6.07) is 0. The van der Waals surface area contributed by atoms with Crippen LogP contribution in [-0.4, -0.2) is 36.2 Å². The molecule has 0 radical (unpaired) electrons. The van der Waals surface area contributed by atoms with E-state index in [0.717, 1.165) is 0 Å². The van der Waals surface area contributed by atoms with Crippen molar-refractivity contribution in [2.45, 2.75) is 0 Å². The quantitative estimate of drug-likeness (QED) is 0.528. The Balaban J connectivity index is 2.84. The Morgan fingerprint density at radius 3 is 3.27 bits per heavy atom. The normalized spacial score (nSPS) is 13.5. The van der Waals surface area contributed by atoms with Crippen molar-refractivity contribution in [2.24, 2.45) is 0 Å². The van der Waals surface area contributed by atoms with Gasteiger partial charge >= 0.3 is 11.7 Å². The lowest BCUT2D eigenvalue weighted by molar-refractivity contribution is -0.140. The number of anilines is 1. The molecular weight excluding hydrogens is 202 g/mol. The summed E-state index contributed by atoms with van der Waals surface area (Å²) in [5, 5.41) is 3.21. The van der Waals surface area contributed by atoms with Crippen molar-refractivity contribution in [3.8, 4) is 0 Å². The summed E-state index contributed by atoms with van der Waals surface area (Å²) < 4.78 is 30.5. The van der Waals surface area contributed by atoms with Crippen LogP contribution in [0.5, 0.6) is 0 Å². The molecule has 0 bridgehead atoms. The Morgan fingerprint density at radius 1 is 1.93 bits per heavy atom. The first-order valence-corrected chi connectivity index (χ1v) is 3.94. The number of hydrogen-bond acceptors (Lipinski definition) is 6. The van der Waals surface area contributed by atoms with Gasteiger partial charge in [-0.2, -0.15) is 0 Å². The maximum atomic E-state index is 11.3. The van der Waals surface area contributed by atoms with Crippen molar-refractivity contribution in [3.63, 3.8) is 0 Å². The number of carbonyl (C=O) groups is 1. The summed E-state index contributed by atoms with van der Waals surface area (Å²) in [6.45, 7) is 0.0286. The molecule has 1 N–H and O–H groups in total. The highest BCUT2D eigenvalue weighted by Crippen LogP contribution is 1.99. The molecule has 0 aliphatic carbocycles. The van der Waals surface area contributed by atoms with Gasteiger partial charge in [-0.3, -0.25) is 14.3 Å². The van der Waals surface area contributed by atoms with E-state index in [1.807, 2.05) is 4.98 Å². The van der Waals surface area contributed by atoms with E-state index in [2.05, 4.69) is 21.0 Å². The molecule has 1 heterocycles. The van der Waals surface area contributed by atoms with Gasteiger partial charge in [0, 0.05) is 11.1 Å². The summed E-state index contributed by atoms with van der Waals surface area (Å²) >= 11 is 0. The Morgan fingerprint density at radius 2 is 2.73 bits per heavy atom. The molecule has 0 atom stereocenters. The van der Waals surface area contributed by atoms with Gasteiger partial charge in [0.2, 0.25) is 5.95 Å². The van der Waals surface area contributed by atoms with Gasteiger partial charge in [-0.05, 0) is 5.16 Å². The van der Waals surface area contributed by atoms with Gasteiger partial charge in [0.25, 0.3) is 0 Å². The van der Waals surface area contributed by atoms with Crippen LogP contribution in [-0.2, 0) is 9.53 Å². The smallest absolute Gasteiger partial charge is 0.440 e. The number of ether oxygens (including phenoxy) is 1. The molecule has 0 aliphatic heterocycles. The van der Waals surface area contributed by atoms with Crippen LogP contribution in [0.15, 0.2) is 22.0 Å². The van der Waals surface area contributed by atoms with E-state index in [4.69, 9.17) is 4.11 Å². The van der Waals surface area contributed by atoms with E-state index in [1.165, 1.54) is 6.08 Å². The molecule has 7 nitrogen and oxygen atoms in total. The lowest BCUT2D eigenvalue weighted by atomic mass is 10.6. The topological polar surface area (TPSA) is 88.4 Å². The van der Waals surface area contributed by atoms with Crippen LogP contribution < -0.4 is 10.7 Å². The third-order valence-corrected chi connectivity index (χ3v) is 1.33. The third-order valence-electron chi connectivity index (χ3n) is 1.33. The molecule has 1 rings (SSSR count). The second-order valence-electron chi connectivity index (χ2n) is 2.48. The molecule has 0 saturated carbocycles. The number of aromatic amines is 1. The lowest BCUT2D eigenvalue weighted by Gasteiger charge is -2.12. The molecule has 0 saturated heterocycles. The molecule has 0 aliphatic rings. The van der Waals surface area contributed by atoms with Crippen LogP contribution in [0.2, 0.25) is 0 Å². The zero-order valence-corrected chi connectivity index (χ0v) is 7.73. The van der Waals surface area contributed by atoms with Crippen molar-refractivity contribution in [1.82, 2.24) is 10.1 Å². The molecule has 82 valence electrons. The number of carbonyl (C=O) groups excluding carboxylic acids is 1. The molecule has 0 aromatic carbocycles. The molecule has 0 spiro atoms. The van der Waals surface area contributed by atoms with Crippen molar-refractivity contribution < 1.29 is 18.2 Å². The first-order chi connectivity index (χ1) is 8.34. The highest BCUT2D eigenvalue weighted by atomic mass is 16.5. The maximum absolute atomic E-state index is 11.3. The standard InChI is InChI=1S/C8H11N3O4/c1-3-4-14-6(12)5-11(2)7-9-8(13)15-10-7/h3H,1,4-5H2,2H3,(H,9,10,13)/i2D3. The number of H-pyrrole nitrogens is 1. The minimum Gasteiger partial charge on any atom is -0.460 e. The predicted molar refractivity (Wildman–Crippen MR) is 51.5 cm³/mol. The van der Waals surface area contributed by atoms with Crippen molar-refractivity contribution in [2.75, 3.05) is 25.0 Å². The molecule has 15 heavy (non-hydrogen) atoms. The van der Waals surface area contributed by atoms with Crippen LogP contribution >= 0.6 is 0 Å². The summed E-state index contributed by atoms with van der Waals surface area (Å²) in [6.07, 6.45) is 1.34. The van der Waals surface area contributed by atoms with Crippen LogP contribution in [0, 0.1) is 0 Å². The molecule has 1 aromatic rings. The molecule has 7 heteroatoms. The summed E-state index contributed by atoms with van der Waals surface area (Å²) in [4.78, 5) is 24.7. The van der Waals surface area contributed by atoms with Gasteiger partial charge in [-0.25, -0.2) is 4.79 Å². The number of likely N-dealkylation sites (N-methyl/N-ethyl adjacent to an activating group) is 1. The van der Waals surface area contributed by atoms with Gasteiger partial charge in [-0.1, -0.05) is 12.7 Å². The Labute approximate surface area is 89.5 Å². The second-order valence-corrected chi connectivity index (χ2v) is 2.48. The van der Waals surface area contributed by atoms with Crippen LogP contribution in [0.3, 0.4) is 0 Å². The minimum absolute atomic E-state index is 0.0387. The fourth-order valence-corrected chi connectivity index (χ4v) is 0.740. The van der Waals surface area contributed by atoms with Crippen molar-refractivity contribution in [3.05, 3.63) is 23.2 Å². The Bertz CT molecular complexity index is 478. The maximum Gasteiger partial charge on any atom is 0.440 e. The van der Waals surface area contributed by atoms with Gasteiger partial charge in [-0.15, -0.1) is 0 Å². The number of nitrogens with zero attached hydrogens (tertiary/aromatic N) is 2. The SMILES string of the molecule is [2H]C([2H])([2H])N(CC(=O)OCC=C)c1noc(=O)[nH]1.